The van der Waals surface area contributed by atoms with Crippen molar-refractivity contribution in [2.24, 2.45) is 5.92 Å². The molecule has 0 saturated carbocycles. The van der Waals surface area contributed by atoms with Crippen molar-refractivity contribution in [2.45, 2.75) is 51.7 Å². The number of nitrogens with zero attached hydrogens (tertiary/aromatic N) is 3. The number of ether oxygens (including phenoxy) is 2. The molecule has 16 heteroatoms. The van der Waals surface area contributed by atoms with E-state index in [1.807, 2.05) is 38.1 Å². The Morgan fingerprint density at radius 2 is 1.83 bits per heavy atom. The highest BCUT2D eigenvalue weighted by Gasteiger charge is 2.33. The van der Waals surface area contributed by atoms with Crippen LogP contribution in [0.1, 0.15) is 41.2 Å². The normalized spacial score (nSPS) is 19.6. The fourth-order valence-corrected chi connectivity index (χ4v) is 6.44. The number of carbonyl (C=O) groups is 5. The minimum atomic E-state index is -1.16. The van der Waals surface area contributed by atoms with Gasteiger partial charge in [0.1, 0.15) is 30.5 Å². The molecular formula is C36H44N8O7S. The second-order valence-electron chi connectivity index (χ2n) is 12.9. The lowest BCUT2D eigenvalue weighted by Gasteiger charge is -2.30. The summed E-state index contributed by atoms with van der Waals surface area (Å²) in [5, 5.41) is 12.1. The number of para-hydroxylation sites is 1. The smallest absolute Gasteiger partial charge is 0.273 e. The van der Waals surface area contributed by atoms with Crippen LogP contribution in [-0.4, -0.2) is 106 Å². The van der Waals surface area contributed by atoms with Gasteiger partial charge in [0.05, 0.1) is 37.1 Å². The molecule has 276 valence electrons. The van der Waals surface area contributed by atoms with Crippen molar-refractivity contribution in [2.75, 3.05) is 40.0 Å². The minimum Gasteiger partial charge on any atom is -0.492 e. The molecule has 0 radical (unpaired) electrons. The number of aryl methyl sites for hydroxylation is 1. The molecule has 0 saturated heterocycles. The van der Waals surface area contributed by atoms with Crippen molar-refractivity contribution in [1.82, 2.24) is 39.9 Å². The Balaban J connectivity index is 1.52. The molecule has 6 rings (SSSR count). The average molecular weight is 733 g/mol. The Bertz CT molecular complexity index is 1880. The molecule has 0 aliphatic carbocycles. The zero-order valence-electron chi connectivity index (χ0n) is 29.6. The van der Waals surface area contributed by atoms with Crippen molar-refractivity contribution in [1.29, 1.82) is 0 Å². The molecule has 52 heavy (non-hydrogen) atoms. The first-order valence-corrected chi connectivity index (χ1v) is 17.8. The summed E-state index contributed by atoms with van der Waals surface area (Å²) < 4.78 is 19.3. The lowest BCUT2D eigenvalue weighted by Crippen LogP contribution is -2.58. The van der Waals surface area contributed by atoms with Crippen LogP contribution in [0.2, 0.25) is 0 Å². The van der Waals surface area contributed by atoms with Crippen molar-refractivity contribution >= 4 is 52.2 Å². The number of fused-ring (bicyclic) bond motifs is 18. The van der Waals surface area contributed by atoms with Crippen LogP contribution in [0.25, 0.3) is 10.9 Å². The maximum absolute atomic E-state index is 14.5. The van der Waals surface area contributed by atoms with E-state index in [1.54, 1.807) is 37.4 Å². The summed E-state index contributed by atoms with van der Waals surface area (Å²) in [4.78, 5) is 73.2. The highest BCUT2D eigenvalue weighted by atomic mass is 32.1. The number of amides is 5. The molecule has 2 bridgehead atoms. The molecule has 3 atom stereocenters. The lowest BCUT2D eigenvalue weighted by molar-refractivity contribution is -0.141. The number of carbonyl (C=O) groups excluding carboxylic acids is 5. The van der Waals surface area contributed by atoms with Crippen LogP contribution < -0.4 is 26.0 Å². The predicted octanol–water partition coefficient (Wildman–Crippen LogP) is 1.52. The van der Waals surface area contributed by atoms with Gasteiger partial charge in [0, 0.05) is 43.6 Å². The summed E-state index contributed by atoms with van der Waals surface area (Å²) >= 11 is 0.889. The third-order valence-corrected chi connectivity index (χ3v) is 9.33. The maximum atomic E-state index is 14.5. The molecule has 2 aromatic carbocycles. The largest absolute Gasteiger partial charge is 0.492 e. The molecule has 2 aliphatic rings. The van der Waals surface area contributed by atoms with Crippen LogP contribution in [0.3, 0.4) is 0 Å². The number of methoxy groups -OCH3 is 1. The molecule has 5 N–H and O–H groups in total. The number of aromatic amines is 1. The number of benzene rings is 2. The number of aromatic nitrogens is 3. The fraction of sp³-hybridized carbons (Fsp3) is 0.417. The Morgan fingerprint density at radius 3 is 2.54 bits per heavy atom. The Labute approximate surface area is 305 Å². The number of hydrogen-bond donors (Lipinski definition) is 5. The Morgan fingerprint density at radius 1 is 1.06 bits per heavy atom. The SMILES string of the molecule is COCCN1CC(=O)N[C@@H](C(C)C)C(=O)NCCOc2ccc(cc2)C[C@H](NC(=O)c2nsnc2C)C(=O)N[C@@H](Cc2c[nH]c3ccccc23)C1=O. The summed E-state index contributed by atoms with van der Waals surface area (Å²) in [7, 11) is 1.48. The van der Waals surface area contributed by atoms with Crippen LogP contribution >= 0.6 is 11.7 Å². The molecule has 2 aromatic heterocycles. The van der Waals surface area contributed by atoms with E-state index in [1.165, 1.54) is 12.0 Å². The van der Waals surface area contributed by atoms with Gasteiger partial charge in [0.15, 0.2) is 5.69 Å². The van der Waals surface area contributed by atoms with Crippen LogP contribution in [0.5, 0.6) is 5.75 Å². The number of nitrogens with one attached hydrogen (secondary N) is 5. The van der Waals surface area contributed by atoms with Crippen molar-refractivity contribution < 1.29 is 33.4 Å². The van der Waals surface area contributed by atoms with Gasteiger partial charge in [-0.15, -0.1) is 0 Å². The van der Waals surface area contributed by atoms with Gasteiger partial charge in [-0.1, -0.05) is 44.2 Å². The van der Waals surface area contributed by atoms with E-state index < -0.39 is 48.3 Å². The Hall–Kier alpha value is -5.35. The van der Waals surface area contributed by atoms with E-state index in [-0.39, 0.29) is 56.7 Å². The standard InChI is InChI=1S/C36H44N8O7S/c1-21(2)31-34(47)37-13-15-51-25-11-9-23(10-12-25)17-28(39-35(48)32-22(3)42-52-43-32)33(46)40-29(18-24-19-38-27-8-6-5-7-26(24)27)36(49)44(14-16-50-4)20-30(45)41-31/h5-12,19,21,28-29,31,38H,13-18,20H2,1-4H3,(H,37,47)(H,39,48)(H,40,46)(H,41,45)/t28-,29-,31-/m0/s1. The molecule has 0 fully saturated rings. The van der Waals surface area contributed by atoms with E-state index in [2.05, 4.69) is 35.0 Å². The van der Waals surface area contributed by atoms with Crippen LogP contribution in [-0.2, 0) is 36.8 Å². The topological polar surface area (TPSA) is 197 Å². The molecule has 2 aliphatic heterocycles. The van der Waals surface area contributed by atoms with Crippen LogP contribution in [0.4, 0.5) is 0 Å². The van der Waals surface area contributed by atoms with Crippen molar-refractivity contribution in [3.8, 4) is 5.75 Å². The monoisotopic (exact) mass is 732 g/mol. The summed E-state index contributed by atoms with van der Waals surface area (Å²) in [5.41, 5.74) is 2.84. The van der Waals surface area contributed by atoms with E-state index in [0.717, 1.165) is 28.2 Å². The molecule has 4 heterocycles. The van der Waals surface area contributed by atoms with Gasteiger partial charge >= 0.3 is 0 Å². The van der Waals surface area contributed by atoms with Crippen molar-refractivity contribution in [3.05, 3.63) is 77.2 Å². The molecule has 5 amide bonds. The highest BCUT2D eigenvalue weighted by molar-refractivity contribution is 6.99. The third kappa shape index (κ3) is 9.70. The number of hydrogen-bond acceptors (Lipinski definition) is 10. The second kappa shape index (κ2) is 17.7. The molecule has 15 nitrogen and oxygen atoms in total. The maximum Gasteiger partial charge on any atom is 0.273 e. The summed E-state index contributed by atoms with van der Waals surface area (Å²) in [6.07, 6.45) is 1.92. The van der Waals surface area contributed by atoms with Crippen molar-refractivity contribution in [3.63, 3.8) is 0 Å². The summed E-state index contributed by atoms with van der Waals surface area (Å²) in [5.74, 6) is -2.41. The molecule has 4 aromatic rings. The van der Waals surface area contributed by atoms with Gasteiger partial charge in [-0.2, -0.15) is 8.75 Å². The first kappa shape index (κ1) is 37.9. The van der Waals surface area contributed by atoms with Gasteiger partial charge < -0.3 is 40.6 Å². The van der Waals surface area contributed by atoms with Crippen LogP contribution in [0.15, 0.2) is 54.7 Å². The second-order valence-corrected chi connectivity index (χ2v) is 13.4. The van der Waals surface area contributed by atoms with Gasteiger partial charge in [-0.05, 0) is 42.2 Å². The van der Waals surface area contributed by atoms with E-state index >= 15 is 0 Å². The molecule has 0 spiro atoms. The van der Waals surface area contributed by atoms with Crippen LogP contribution in [0, 0.1) is 12.8 Å². The highest BCUT2D eigenvalue weighted by Crippen LogP contribution is 2.21. The summed E-state index contributed by atoms with van der Waals surface area (Å²) in [6.45, 7) is 5.37. The number of rotatable bonds is 8. The first-order chi connectivity index (χ1) is 25.0. The van der Waals surface area contributed by atoms with Gasteiger partial charge in [0.25, 0.3) is 5.91 Å². The number of H-pyrrole nitrogens is 1. The van der Waals surface area contributed by atoms with Gasteiger partial charge in [-0.25, -0.2) is 0 Å². The zero-order valence-corrected chi connectivity index (χ0v) is 30.4. The Kier molecular flexibility index (Phi) is 12.9. The summed E-state index contributed by atoms with van der Waals surface area (Å²) in [6, 6.07) is 11.4. The van der Waals surface area contributed by atoms with E-state index in [0.29, 0.717) is 17.0 Å². The average Bonchev–Trinajstić information content (AvgIpc) is 3.75. The van der Waals surface area contributed by atoms with E-state index in [9.17, 15) is 24.0 Å². The third-order valence-electron chi connectivity index (χ3n) is 8.71. The molecule has 0 unspecified atom stereocenters. The van der Waals surface area contributed by atoms with Gasteiger partial charge in [-0.3, -0.25) is 24.0 Å². The minimum absolute atomic E-state index is 0.0293. The van der Waals surface area contributed by atoms with Gasteiger partial charge in [0.2, 0.25) is 23.6 Å². The zero-order chi connectivity index (χ0) is 37.2. The quantitative estimate of drug-likeness (QED) is 0.167. The fourth-order valence-electron chi connectivity index (χ4n) is 5.89. The molecular weight excluding hydrogens is 689 g/mol. The lowest BCUT2D eigenvalue weighted by atomic mass is 10.0. The first-order valence-electron chi connectivity index (χ1n) is 17.1. The predicted molar refractivity (Wildman–Crippen MR) is 194 cm³/mol. The van der Waals surface area contributed by atoms with E-state index in [4.69, 9.17) is 9.47 Å².